The first-order chi connectivity index (χ1) is 9.51. The molecule has 4 rings (SSSR count). The summed E-state index contributed by atoms with van der Waals surface area (Å²) >= 11 is 3.37. The van der Waals surface area contributed by atoms with Gasteiger partial charge in [0.15, 0.2) is 0 Å². The van der Waals surface area contributed by atoms with Crippen molar-refractivity contribution < 1.29 is 14.3 Å². The van der Waals surface area contributed by atoms with Crippen LogP contribution >= 0.6 is 15.9 Å². The van der Waals surface area contributed by atoms with E-state index in [0.29, 0.717) is 5.69 Å². The molecule has 4 atom stereocenters. The highest BCUT2D eigenvalue weighted by atomic mass is 79.9. The Morgan fingerprint density at radius 1 is 1.30 bits per heavy atom. The van der Waals surface area contributed by atoms with Crippen molar-refractivity contribution in [3.05, 3.63) is 40.9 Å². The summed E-state index contributed by atoms with van der Waals surface area (Å²) in [5.41, 5.74) is -0.0187. The number of anilines is 1. The van der Waals surface area contributed by atoms with Crippen LogP contribution in [0.15, 0.2) is 40.9 Å². The van der Waals surface area contributed by atoms with Gasteiger partial charge in [-0.2, -0.15) is 0 Å². The number of benzene rings is 1. The van der Waals surface area contributed by atoms with E-state index in [9.17, 15) is 9.59 Å². The summed E-state index contributed by atoms with van der Waals surface area (Å²) in [6, 6.07) is 7.25. The molecule has 0 aromatic heterocycles. The highest BCUT2D eigenvalue weighted by Gasteiger charge is 2.65. The summed E-state index contributed by atoms with van der Waals surface area (Å²) in [5.74, 6) is -1.09. The Morgan fingerprint density at radius 2 is 2.10 bits per heavy atom. The highest BCUT2D eigenvalue weighted by molar-refractivity contribution is 9.10. The molecule has 0 aliphatic carbocycles. The van der Waals surface area contributed by atoms with Crippen LogP contribution in [0.2, 0.25) is 0 Å². The van der Waals surface area contributed by atoms with Gasteiger partial charge in [-0.3, -0.25) is 9.59 Å². The van der Waals surface area contributed by atoms with Crippen LogP contribution in [-0.4, -0.2) is 23.5 Å². The van der Waals surface area contributed by atoms with Crippen molar-refractivity contribution in [1.82, 2.24) is 0 Å². The first-order valence-electron chi connectivity index (χ1n) is 6.52. The smallest absolute Gasteiger partial charge is 0.241 e. The van der Waals surface area contributed by atoms with Crippen molar-refractivity contribution in [3.8, 4) is 0 Å². The third-order valence-electron chi connectivity index (χ3n) is 4.40. The molecule has 0 saturated carbocycles. The number of amides is 2. The fraction of sp³-hybridized carbons (Fsp3) is 0.333. The average molecular weight is 334 g/mol. The second kappa shape index (κ2) is 3.80. The van der Waals surface area contributed by atoms with E-state index < -0.39 is 11.5 Å². The molecule has 20 heavy (non-hydrogen) atoms. The Kier molecular flexibility index (Phi) is 2.34. The molecule has 2 amide bonds. The van der Waals surface area contributed by atoms with Gasteiger partial charge >= 0.3 is 0 Å². The average Bonchev–Trinajstić information content (AvgIpc) is 2.99. The normalized spacial score (nSPS) is 37.9. The summed E-state index contributed by atoms with van der Waals surface area (Å²) in [6.45, 7) is 1.88. The maximum atomic E-state index is 12.7. The summed E-state index contributed by atoms with van der Waals surface area (Å²) in [5, 5.41) is 0. The van der Waals surface area contributed by atoms with E-state index in [4.69, 9.17) is 4.74 Å². The number of halogens is 1. The molecule has 1 aromatic carbocycles. The Bertz CT molecular complexity index is 671. The summed E-state index contributed by atoms with van der Waals surface area (Å²) < 4.78 is 6.63. The molecule has 2 fully saturated rings. The van der Waals surface area contributed by atoms with Crippen LogP contribution in [0.25, 0.3) is 0 Å². The van der Waals surface area contributed by atoms with E-state index in [1.165, 1.54) is 4.90 Å². The quantitative estimate of drug-likeness (QED) is 0.585. The van der Waals surface area contributed by atoms with Crippen molar-refractivity contribution in [2.75, 3.05) is 4.90 Å². The Labute approximate surface area is 124 Å². The SMILES string of the molecule is C[C@]12C=C[C@@H](O1)[C@H]1C(=O)N(c3cccc(Br)c3)C(=O)[C@@H]12. The second-order valence-corrected chi connectivity index (χ2v) is 6.54. The molecule has 2 saturated heterocycles. The van der Waals surface area contributed by atoms with Crippen LogP contribution in [0.4, 0.5) is 5.69 Å². The van der Waals surface area contributed by atoms with E-state index in [2.05, 4.69) is 15.9 Å². The standard InChI is InChI=1S/C15H12BrNO3/c1-15-6-5-10(20-15)11-12(15)14(19)17(13(11)18)9-4-2-3-8(16)7-9/h2-7,10-12H,1H3/t10-,11-,12-,15-/m1/s1. The van der Waals surface area contributed by atoms with Crippen LogP contribution in [0.3, 0.4) is 0 Å². The van der Waals surface area contributed by atoms with Crippen LogP contribution in [-0.2, 0) is 14.3 Å². The maximum absolute atomic E-state index is 12.7. The molecule has 0 spiro atoms. The van der Waals surface area contributed by atoms with Crippen molar-refractivity contribution in [2.45, 2.75) is 18.6 Å². The van der Waals surface area contributed by atoms with Crippen molar-refractivity contribution in [2.24, 2.45) is 11.8 Å². The predicted octanol–water partition coefficient (Wildman–Crippen LogP) is 2.28. The highest BCUT2D eigenvalue weighted by Crippen LogP contribution is 2.52. The molecule has 3 aliphatic heterocycles. The minimum atomic E-state index is -0.636. The molecule has 3 heterocycles. The molecule has 0 radical (unpaired) electrons. The first-order valence-corrected chi connectivity index (χ1v) is 7.31. The fourth-order valence-corrected chi connectivity index (χ4v) is 3.91. The van der Waals surface area contributed by atoms with Crippen LogP contribution in [0, 0.1) is 11.8 Å². The van der Waals surface area contributed by atoms with Gasteiger partial charge in [0, 0.05) is 4.47 Å². The number of imide groups is 1. The molecule has 2 bridgehead atoms. The Morgan fingerprint density at radius 3 is 2.80 bits per heavy atom. The number of hydrogen-bond acceptors (Lipinski definition) is 3. The molecule has 1 aromatic rings. The predicted molar refractivity (Wildman–Crippen MR) is 76.0 cm³/mol. The van der Waals surface area contributed by atoms with Gasteiger partial charge in [0.2, 0.25) is 11.8 Å². The number of carbonyl (C=O) groups excluding carboxylic acids is 2. The van der Waals surface area contributed by atoms with Crippen LogP contribution < -0.4 is 4.90 Å². The van der Waals surface area contributed by atoms with Crippen LogP contribution in [0.1, 0.15) is 6.92 Å². The fourth-order valence-electron chi connectivity index (χ4n) is 3.52. The molecule has 102 valence electrons. The van der Waals surface area contributed by atoms with Gasteiger partial charge in [-0.25, -0.2) is 4.90 Å². The van der Waals surface area contributed by atoms with Crippen molar-refractivity contribution in [3.63, 3.8) is 0 Å². The van der Waals surface area contributed by atoms with Gasteiger partial charge in [-0.1, -0.05) is 34.1 Å². The van der Waals surface area contributed by atoms with E-state index in [0.717, 1.165) is 4.47 Å². The number of nitrogens with zero attached hydrogens (tertiary/aromatic N) is 1. The zero-order valence-corrected chi connectivity index (χ0v) is 12.3. The lowest BCUT2D eigenvalue weighted by atomic mass is 9.78. The summed E-state index contributed by atoms with van der Waals surface area (Å²) in [4.78, 5) is 26.6. The third-order valence-corrected chi connectivity index (χ3v) is 4.89. The number of ether oxygens (including phenoxy) is 1. The monoisotopic (exact) mass is 333 g/mol. The van der Waals surface area contributed by atoms with E-state index in [-0.39, 0.29) is 23.8 Å². The largest absolute Gasteiger partial charge is 0.362 e. The zero-order chi connectivity index (χ0) is 14.1. The third kappa shape index (κ3) is 1.39. The van der Waals surface area contributed by atoms with Gasteiger partial charge in [0.25, 0.3) is 0 Å². The lowest BCUT2D eigenvalue weighted by Crippen LogP contribution is -2.38. The Balaban J connectivity index is 1.79. The molecular formula is C15H12BrNO3. The second-order valence-electron chi connectivity index (χ2n) is 5.62. The first kappa shape index (κ1) is 12.3. The number of carbonyl (C=O) groups is 2. The minimum absolute atomic E-state index is 0.156. The van der Waals surface area contributed by atoms with Crippen molar-refractivity contribution in [1.29, 1.82) is 0 Å². The van der Waals surface area contributed by atoms with E-state index >= 15 is 0 Å². The topological polar surface area (TPSA) is 46.6 Å². The molecular weight excluding hydrogens is 322 g/mol. The number of rotatable bonds is 1. The van der Waals surface area contributed by atoms with Crippen LogP contribution in [0.5, 0.6) is 0 Å². The molecule has 0 unspecified atom stereocenters. The Hall–Kier alpha value is -1.46. The zero-order valence-electron chi connectivity index (χ0n) is 10.7. The molecule has 3 aliphatic rings. The molecule has 4 nitrogen and oxygen atoms in total. The van der Waals surface area contributed by atoms with Gasteiger partial charge in [0.05, 0.1) is 29.2 Å². The summed E-state index contributed by atoms with van der Waals surface area (Å²) in [7, 11) is 0. The molecule has 0 N–H and O–H groups in total. The minimum Gasteiger partial charge on any atom is -0.362 e. The lowest BCUT2D eigenvalue weighted by Gasteiger charge is -2.24. The van der Waals surface area contributed by atoms with Crippen molar-refractivity contribution >= 4 is 33.4 Å². The van der Waals surface area contributed by atoms with Gasteiger partial charge in [-0.05, 0) is 25.1 Å². The van der Waals surface area contributed by atoms with Gasteiger partial charge in [-0.15, -0.1) is 0 Å². The number of hydrogen-bond donors (Lipinski definition) is 0. The van der Waals surface area contributed by atoms with Gasteiger partial charge in [0.1, 0.15) is 0 Å². The van der Waals surface area contributed by atoms with Gasteiger partial charge < -0.3 is 4.74 Å². The van der Waals surface area contributed by atoms with E-state index in [1.807, 2.05) is 31.2 Å². The molecule has 5 heteroatoms. The van der Waals surface area contributed by atoms with E-state index in [1.54, 1.807) is 12.1 Å². The maximum Gasteiger partial charge on any atom is 0.241 e. The number of fused-ring (bicyclic) bond motifs is 5. The lowest BCUT2D eigenvalue weighted by molar-refractivity contribution is -0.126. The summed E-state index contributed by atoms with van der Waals surface area (Å²) in [6.07, 6.45) is 3.55.